The third kappa shape index (κ3) is 4.79. The number of rotatable bonds is 8. The maximum atomic E-state index is 10.7. The molecule has 0 aliphatic rings. The van der Waals surface area contributed by atoms with Crippen LogP contribution in [0.4, 0.5) is 5.82 Å². The van der Waals surface area contributed by atoms with E-state index in [4.69, 9.17) is 4.74 Å². The van der Waals surface area contributed by atoms with Gasteiger partial charge >= 0.3 is 5.82 Å². The van der Waals surface area contributed by atoms with Gasteiger partial charge in [-0.05, 0) is 50.0 Å². The van der Waals surface area contributed by atoms with Gasteiger partial charge in [-0.2, -0.15) is 4.68 Å². The van der Waals surface area contributed by atoms with E-state index in [-0.39, 0.29) is 5.82 Å². The van der Waals surface area contributed by atoms with Gasteiger partial charge in [-0.1, -0.05) is 12.1 Å². The van der Waals surface area contributed by atoms with Crippen molar-refractivity contribution in [3.8, 4) is 5.75 Å². The molecule has 7 nitrogen and oxygen atoms in total. The molecule has 0 N–H and O–H groups in total. The zero-order valence-electron chi connectivity index (χ0n) is 13.7. The van der Waals surface area contributed by atoms with Crippen LogP contribution in [-0.4, -0.2) is 47.4 Å². The van der Waals surface area contributed by atoms with Crippen LogP contribution in [-0.2, 0) is 13.0 Å². The van der Waals surface area contributed by atoms with Crippen molar-refractivity contribution in [1.82, 2.24) is 14.7 Å². The van der Waals surface area contributed by atoms with Crippen LogP contribution in [0.5, 0.6) is 5.75 Å². The Balaban J connectivity index is 2.12. The minimum Gasteiger partial charge on any atom is -0.496 e. The summed E-state index contributed by atoms with van der Waals surface area (Å²) in [6.07, 6.45) is 3.66. The van der Waals surface area contributed by atoms with E-state index >= 15 is 0 Å². The zero-order chi connectivity index (χ0) is 16.8. The molecule has 0 saturated heterocycles. The van der Waals surface area contributed by atoms with Gasteiger partial charge in [0.2, 0.25) is 0 Å². The van der Waals surface area contributed by atoms with Crippen LogP contribution in [0.3, 0.4) is 0 Å². The number of nitrogens with zero attached hydrogens (tertiary/aromatic N) is 4. The first-order chi connectivity index (χ1) is 11.0. The quantitative estimate of drug-likeness (QED) is 0.552. The Morgan fingerprint density at radius 1 is 1.35 bits per heavy atom. The highest BCUT2D eigenvalue weighted by atomic mass is 16.6. The van der Waals surface area contributed by atoms with E-state index in [1.54, 1.807) is 18.0 Å². The average Bonchev–Trinajstić information content (AvgIpc) is 2.96. The molecule has 0 saturated carbocycles. The maximum absolute atomic E-state index is 10.7. The lowest BCUT2D eigenvalue weighted by atomic mass is 10.1. The Hall–Kier alpha value is -2.41. The van der Waals surface area contributed by atoms with Crippen molar-refractivity contribution in [2.45, 2.75) is 19.4 Å². The maximum Gasteiger partial charge on any atom is 0.389 e. The first-order valence-electron chi connectivity index (χ1n) is 7.48. The number of ether oxygens (including phenoxy) is 1. The SMILES string of the molecule is COc1ccc(CCCN(C)C)cc1Cn1ccc([N+](=O)[O-])n1. The Kier molecular flexibility index (Phi) is 5.70. The lowest BCUT2D eigenvalue weighted by Gasteiger charge is -2.12. The first kappa shape index (κ1) is 17.0. The number of aromatic nitrogens is 2. The molecule has 0 aliphatic heterocycles. The van der Waals surface area contributed by atoms with Crippen molar-refractivity contribution in [1.29, 1.82) is 0 Å². The molecule has 0 aliphatic carbocycles. The van der Waals surface area contributed by atoms with Gasteiger partial charge < -0.3 is 19.8 Å². The summed E-state index contributed by atoms with van der Waals surface area (Å²) in [6.45, 7) is 1.48. The number of benzene rings is 1. The molecule has 1 heterocycles. The van der Waals surface area contributed by atoms with E-state index in [0.29, 0.717) is 6.54 Å². The molecule has 23 heavy (non-hydrogen) atoms. The normalized spacial score (nSPS) is 11.0. The van der Waals surface area contributed by atoms with Crippen LogP contribution in [0.15, 0.2) is 30.5 Å². The van der Waals surface area contributed by atoms with Crippen molar-refractivity contribution in [2.75, 3.05) is 27.7 Å². The number of methoxy groups -OCH3 is 1. The summed E-state index contributed by atoms with van der Waals surface area (Å²) in [5.74, 6) is 0.616. The summed E-state index contributed by atoms with van der Waals surface area (Å²) in [5, 5.41) is 14.7. The fourth-order valence-electron chi connectivity index (χ4n) is 2.42. The van der Waals surface area contributed by atoms with E-state index in [0.717, 1.165) is 30.7 Å². The molecule has 0 spiro atoms. The van der Waals surface area contributed by atoms with E-state index in [2.05, 4.69) is 36.2 Å². The summed E-state index contributed by atoms with van der Waals surface area (Å²) in [5.41, 5.74) is 2.19. The Bertz CT molecular complexity index is 667. The third-order valence-corrected chi connectivity index (χ3v) is 3.56. The van der Waals surface area contributed by atoms with Crippen molar-refractivity contribution >= 4 is 5.82 Å². The van der Waals surface area contributed by atoms with Crippen molar-refractivity contribution in [3.63, 3.8) is 0 Å². The Labute approximate surface area is 135 Å². The van der Waals surface area contributed by atoms with Crippen LogP contribution in [0.2, 0.25) is 0 Å². The lowest BCUT2D eigenvalue weighted by molar-refractivity contribution is -0.389. The summed E-state index contributed by atoms with van der Waals surface area (Å²) in [4.78, 5) is 12.4. The fourth-order valence-corrected chi connectivity index (χ4v) is 2.42. The summed E-state index contributed by atoms with van der Waals surface area (Å²) >= 11 is 0. The van der Waals surface area contributed by atoms with Crippen molar-refractivity contribution < 1.29 is 9.66 Å². The minimum atomic E-state index is -0.495. The van der Waals surface area contributed by atoms with Gasteiger partial charge in [0.05, 0.1) is 31.0 Å². The second-order valence-electron chi connectivity index (χ2n) is 5.68. The zero-order valence-corrected chi connectivity index (χ0v) is 13.7. The topological polar surface area (TPSA) is 73.4 Å². The molecule has 0 radical (unpaired) electrons. The monoisotopic (exact) mass is 318 g/mol. The van der Waals surface area contributed by atoms with Gasteiger partial charge in [-0.15, -0.1) is 0 Å². The number of hydrogen-bond acceptors (Lipinski definition) is 5. The fraction of sp³-hybridized carbons (Fsp3) is 0.438. The number of aryl methyl sites for hydroxylation is 1. The second-order valence-corrected chi connectivity index (χ2v) is 5.68. The average molecular weight is 318 g/mol. The van der Waals surface area contributed by atoms with Crippen LogP contribution >= 0.6 is 0 Å². The molecule has 7 heteroatoms. The molecule has 1 aromatic carbocycles. The lowest BCUT2D eigenvalue weighted by Crippen LogP contribution is -2.13. The summed E-state index contributed by atoms with van der Waals surface area (Å²) in [7, 11) is 5.74. The minimum absolute atomic E-state index is 0.147. The van der Waals surface area contributed by atoms with Crippen molar-refractivity contribution in [2.24, 2.45) is 0 Å². The van der Waals surface area contributed by atoms with Crippen LogP contribution in [0.25, 0.3) is 0 Å². The molecule has 0 atom stereocenters. The van der Waals surface area contributed by atoms with Gasteiger partial charge in [-0.25, -0.2) is 0 Å². The van der Waals surface area contributed by atoms with E-state index < -0.39 is 4.92 Å². The smallest absolute Gasteiger partial charge is 0.389 e. The number of nitro groups is 1. The third-order valence-electron chi connectivity index (χ3n) is 3.56. The largest absolute Gasteiger partial charge is 0.496 e. The molecule has 124 valence electrons. The molecule has 2 rings (SSSR count). The van der Waals surface area contributed by atoms with Crippen LogP contribution in [0, 0.1) is 10.1 Å². The van der Waals surface area contributed by atoms with E-state index in [9.17, 15) is 10.1 Å². The Morgan fingerprint density at radius 2 is 2.13 bits per heavy atom. The highest BCUT2D eigenvalue weighted by molar-refractivity contribution is 5.37. The molecular formula is C16H22N4O3. The molecule has 1 aromatic heterocycles. The highest BCUT2D eigenvalue weighted by Crippen LogP contribution is 2.22. The van der Waals surface area contributed by atoms with Crippen molar-refractivity contribution in [3.05, 3.63) is 51.7 Å². The van der Waals surface area contributed by atoms with Crippen LogP contribution < -0.4 is 4.74 Å². The van der Waals surface area contributed by atoms with Gasteiger partial charge in [0.25, 0.3) is 0 Å². The molecule has 0 unspecified atom stereocenters. The summed E-state index contributed by atoms with van der Waals surface area (Å²) in [6, 6.07) is 7.48. The standard InChI is InChI=1S/C16H22N4O3/c1-18(2)9-4-5-13-6-7-15(23-3)14(11-13)12-19-10-8-16(17-19)20(21)22/h6-8,10-11H,4-5,9,12H2,1-3H3. The van der Waals surface area contributed by atoms with Gasteiger partial charge in [-0.3, -0.25) is 0 Å². The van der Waals surface area contributed by atoms with E-state index in [1.165, 1.54) is 11.6 Å². The molecule has 0 amide bonds. The van der Waals surface area contributed by atoms with Gasteiger partial charge in [0.15, 0.2) is 0 Å². The highest BCUT2D eigenvalue weighted by Gasteiger charge is 2.13. The molecular weight excluding hydrogens is 296 g/mol. The summed E-state index contributed by atoms with van der Waals surface area (Å²) < 4.78 is 6.94. The second kappa shape index (κ2) is 7.73. The number of hydrogen-bond donors (Lipinski definition) is 0. The molecule has 2 aromatic rings. The van der Waals surface area contributed by atoms with Gasteiger partial charge in [0.1, 0.15) is 5.75 Å². The van der Waals surface area contributed by atoms with Crippen LogP contribution in [0.1, 0.15) is 17.5 Å². The van der Waals surface area contributed by atoms with E-state index in [1.807, 2.05) is 6.07 Å². The predicted molar refractivity (Wildman–Crippen MR) is 87.9 cm³/mol. The predicted octanol–water partition coefficient (Wildman–Crippen LogP) is 2.34. The first-order valence-corrected chi connectivity index (χ1v) is 7.48. The molecule has 0 fully saturated rings. The Morgan fingerprint density at radius 3 is 2.74 bits per heavy atom. The molecule has 0 bridgehead atoms. The van der Waals surface area contributed by atoms with Gasteiger partial charge in [0, 0.05) is 5.56 Å².